The van der Waals surface area contributed by atoms with Gasteiger partial charge in [-0.1, -0.05) is 36.4 Å². The summed E-state index contributed by atoms with van der Waals surface area (Å²) >= 11 is 0. The number of nitrogens with two attached hydrogens (primary N) is 1. The molecule has 0 saturated heterocycles. The number of carbonyl (C=O) groups excluding carboxylic acids is 1. The fourth-order valence-electron chi connectivity index (χ4n) is 2.22. The van der Waals surface area contributed by atoms with Gasteiger partial charge in [0.2, 0.25) is 0 Å². The van der Waals surface area contributed by atoms with Crippen LogP contribution in [0.5, 0.6) is 5.75 Å². The Hall–Kier alpha value is -2.49. The molecule has 3 N–H and O–H groups in total. The molecule has 0 aromatic heterocycles. The first-order valence-electron chi connectivity index (χ1n) is 7.04. The Morgan fingerprint density at radius 2 is 1.86 bits per heavy atom. The zero-order valence-electron chi connectivity index (χ0n) is 12.1. The van der Waals surface area contributed by atoms with Crippen LogP contribution in [0.4, 0.5) is 5.69 Å². The molecule has 2 rings (SSSR count). The van der Waals surface area contributed by atoms with E-state index >= 15 is 0 Å². The Bertz CT molecular complexity index is 611. The molecule has 0 bridgehead atoms. The van der Waals surface area contributed by atoms with Crippen molar-refractivity contribution in [3.05, 3.63) is 59.7 Å². The van der Waals surface area contributed by atoms with Gasteiger partial charge in [0.15, 0.2) is 5.75 Å². The van der Waals surface area contributed by atoms with Gasteiger partial charge in [-0.25, -0.2) is 0 Å². The van der Waals surface area contributed by atoms with E-state index in [2.05, 4.69) is 0 Å². The van der Waals surface area contributed by atoms with Crippen LogP contribution in [0, 0.1) is 0 Å². The first-order valence-corrected chi connectivity index (χ1v) is 7.04. The predicted octanol–water partition coefficient (Wildman–Crippen LogP) is 2.68. The summed E-state index contributed by atoms with van der Waals surface area (Å²) in [5.41, 5.74) is 7.30. The van der Waals surface area contributed by atoms with Crippen molar-refractivity contribution in [2.75, 3.05) is 18.8 Å². The average Bonchev–Trinajstić information content (AvgIpc) is 2.51. The molecule has 21 heavy (non-hydrogen) atoms. The maximum atomic E-state index is 12.5. The van der Waals surface area contributed by atoms with Crippen LogP contribution in [0.1, 0.15) is 22.8 Å². The summed E-state index contributed by atoms with van der Waals surface area (Å²) < 4.78 is 0. The monoisotopic (exact) mass is 284 g/mol. The fourth-order valence-corrected chi connectivity index (χ4v) is 2.22. The molecular weight excluding hydrogens is 264 g/mol. The van der Waals surface area contributed by atoms with Crippen LogP contribution in [0.25, 0.3) is 0 Å². The van der Waals surface area contributed by atoms with Crippen LogP contribution in [0.3, 0.4) is 0 Å². The van der Waals surface area contributed by atoms with Crippen molar-refractivity contribution in [2.45, 2.75) is 13.3 Å². The van der Waals surface area contributed by atoms with Gasteiger partial charge in [0.25, 0.3) is 5.91 Å². The van der Waals surface area contributed by atoms with E-state index in [-0.39, 0.29) is 22.9 Å². The number of hydrogen-bond donors (Lipinski definition) is 2. The Balaban J connectivity index is 2.10. The minimum atomic E-state index is -0.196. The lowest BCUT2D eigenvalue weighted by atomic mass is 10.1. The second-order valence-corrected chi connectivity index (χ2v) is 4.86. The second kappa shape index (κ2) is 6.79. The SMILES string of the molecule is CCN(CCc1ccccc1)C(=O)c1cccc(N)c1O. The Kier molecular flexibility index (Phi) is 4.82. The third-order valence-corrected chi connectivity index (χ3v) is 3.48. The number of phenolic OH excluding ortho intramolecular Hbond substituents is 1. The highest BCUT2D eigenvalue weighted by atomic mass is 16.3. The van der Waals surface area contributed by atoms with Crippen LogP contribution in [-0.4, -0.2) is 29.0 Å². The number of hydrogen-bond acceptors (Lipinski definition) is 3. The number of nitrogens with zero attached hydrogens (tertiary/aromatic N) is 1. The molecule has 110 valence electrons. The lowest BCUT2D eigenvalue weighted by molar-refractivity contribution is 0.0763. The molecule has 4 heteroatoms. The Labute approximate surface area is 124 Å². The number of anilines is 1. The molecule has 0 fully saturated rings. The first kappa shape index (κ1) is 14.9. The molecule has 0 atom stereocenters. The van der Waals surface area contributed by atoms with E-state index in [1.54, 1.807) is 23.1 Å². The molecule has 2 aromatic rings. The van der Waals surface area contributed by atoms with E-state index in [0.29, 0.717) is 13.1 Å². The molecule has 0 aliphatic carbocycles. The third-order valence-electron chi connectivity index (χ3n) is 3.48. The predicted molar refractivity (Wildman–Crippen MR) is 84.2 cm³/mol. The average molecular weight is 284 g/mol. The summed E-state index contributed by atoms with van der Waals surface area (Å²) in [5, 5.41) is 9.93. The molecule has 0 radical (unpaired) electrons. The van der Waals surface area contributed by atoms with Gasteiger partial charge in [-0.3, -0.25) is 4.79 Å². The van der Waals surface area contributed by atoms with E-state index in [0.717, 1.165) is 6.42 Å². The van der Waals surface area contributed by atoms with Crippen LogP contribution < -0.4 is 5.73 Å². The van der Waals surface area contributed by atoms with Crippen molar-refractivity contribution >= 4 is 11.6 Å². The van der Waals surface area contributed by atoms with Crippen LogP contribution in [-0.2, 0) is 6.42 Å². The smallest absolute Gasteiger partial charge is 0.257 e. The summed E-state index contributed by atoms with van der Waals surface area (Å²) in [6.45, 7) is 3.11. The number of likely N-dealkylation sites (N-methyl/N-ethyl adjacent to an activating group) is 1. The maximum absolute atomic E-state index is 12.5. The minimum Gasteiger partial charge on any atom is -0.505 e. The normalized spacial score (nSPS) is 10.3. The van der Waals surface area contributed by atoms with Gasteiger partial charge in [0.1, 0.15) is 0 Å². The number of amides is 1. The van der Waals surface area contributed by atoms with Crippen molar-refractivity contribution in [2.24, 2.45) is 0 Å². The highest BCUT2D eigenvalue weighted by molar-refractivity contribution is 5.98. The molecule has 0 aliphatic rings. The number of nitrogen functional groups attached to an aromatic ring is 1. The largest absolute Gasteiger partial charge is 0.505 e. The minimum absolute atomic E-state index is 0.138. The van der Waals surface area contributed by atoms with Gasteiger partial charge in [-0.2, -0.15) is 0 Å². The lowest BCUT2D eigenvalue weighted by Gasteiger charge is -2.21. The number of carbonyl (C=O) groups is 1. The zero-order valence-corrected chi connectivity index (χ0v) is 12.1. The van der Waals surface area contributed by atoms with Gasteiger partial charge < -0.3 is 15.7 Å². The van der Waals surface area contributed by atoms with E-state index in [9.17, 15) is 9.90 Å². The van der Waals surface area contributed by atoms with Crippen molar-refractivity contribution in [3.63, 3.8) is 0 Å². The van der Waals surface area contributed by atoms with Crippen molar-refractivity contribution < 1.29 is 9.90 Å². The van der Waals surface area contributed by atoms with Gasteiger partial charge >= 0.3 is 0 Å². The standard InChI is InChI=1S/C17H20N2O2/c1-2-19(12-11-13-7-4-3-5-8-13)17(21)14-9-6-10-15(18)16(14)20/h3-10,20H,2,11-12,18H2,1H3. The lowest BCUT2D eigenvalue weighted by Crippen LogP contribution is -2.32. The van der Waals surface area contributed by atoms with Crippen molar-refractivity contribution in [1.29, 1.82) is 0 Å². The molecule has 4 nitrogen and oxygen atoms in total. The second-order valence-electron chi connectivity index (χ2n) is 4.86. The van der Waals surface area contributed by atoms with E-state index < -0.39 is 0 Å². The van der Waals surface area contributed by atoms with Gasteiger partial charge in [0.05, 0.1) is 11.3 Å². The Morgan fingerprint density at radius 3 is 2.52 bits per heavy atom. The highest BCUT2D eigenvalue weighted by Crippen LogP contribution is 2.25. The summed E-state index contributed by atoms with van der Waals surface area (Å²) in [5.74, 6) is -0.334. The van der Waals surface area contributed by atoms with Crippen LogP contribution >= 0.6 is 0 Å². The molecular formula is C17H20N2O2. The van der Waals surface area contributed by atoms with Gasteiger partial charge in [-0.05, 0) is 31.0 Å². The number of aromatic hydroxyl groups is 1. The first-order chi connectivity index (χ1) is 10.1. The van der Waals surface area contributed by atoms with E-state index in [1.165, 1.54) is 5.56 Å². The molecule has 0 heterocycles. The summed E-state index contributed by atoms with van der Waals surface area (Å²) in [7, 11) is 0. The Morgan fingerprint density at radius 1 is 1.14 bits per heavy atom. The number of para-hydroxylation sites is 1. The maximum Gasteiger partial charge on any atom is 0.257 e. The number of rotatable bonds is 5. The fraction of sp³-hybridized carbons (Fsp3) is 0.235. The number of benzene rings is 2. The van der Waals surface area contributed by atoms with Crippen molar-refractivity contribution in [1.82, 2.24) is 4.90 Å². The zero-order chi connectivity index (χ0) is 15.2. The van der Waals surface area contributed by atoms with E-state index in [4.69, 9.17) is 5.73 Å². The molecule has 0 saturated carbocycles. The molecule has 0 aliphatic heterocycles. The van der Waals surface area contributed by atoms with E-state index in [1.807, 2.05) is 37.3 Å². The topological polar surface area (TPSA) is 66.6 Å². The van der Waals surface area contributed by atoms with Crippen LogP contribution in [0.2, 0.25) is 0 Å². The highest BCUT2D eigenvalue weighted by Gasteiger charge is 2.18. The van der Waals surface area contributed by atoms with Crippen molar-refractivity contribution in [3.8, 4) is 5.75 Å². The van der Waals surface area contributed by atoms with Gasteiger partial charge in [-0.15, -0.1) is 0 Å². The summed E-state index contributed by atoms with van der Waals surface area (Å²) in [6, 6.07) is 14.9. The number of phenols is 1. The van der Waals surface area contributed by atoms with Crippen LogP contribution in [0.15, 0.2) is 48.5 Å². The van der Waals surface area contributed by atoms with Gasteiger partial charge in [0, 0.05) is 13.1 Å². The summed E-state index contributed by atoms with van der Waals surface area (Å²) in [4.78, 5) is 14.2. The summed E-state index contributed by atoms with van der Waals surface area (Å²) in [6.07, 6.45) is 0.781. The molecule has 2 aromatic carbocycles. The molecule has 0 spiro atoms. The molecule has 1 amide bonds. The molecule has 0 unspecified atom stereocenters. The quantitative estimate of drug-likeness (QED) is 0.655. The third kappa shape index (κ3) is 3.54.